The zero-order valence-corrected chi connectivity index (χ0v) is 13.4. The third kappa shape index (κ3) is 4.21. The normalized spacial score (nSPS) is 15.2. The minimum absolute atomic E-state index is 0.0566. The van der Waals surface area contributed by atoms with E-state index in [1.807, 2.05) is 12.1 Å². The van der Waals surface area contributed by atoms with Crippen molar-refractivity contribution in [3.63, 3.8) is 0 Å². The molecule has 0 radical (unpaired) electrons. The van der Waals surface area contributed by atoms with Crippen LogP contribution in [0.2, 0.25) is 0 Å². The summed E-state index contributed by atoms with van der Waals surface area (Å²) in [6.07, 6.45) is 3.91. The Labute approximate surface area is 130 Å². The van der Waals surface area contributed by atoms with Crippen LogP contribution in [0.1, 0.15) is 30.6 Å². The number of aliphatic carboxylic acids is 1. The van der Waals surface area contributed by atoms with Gasteiger partial charge in [0.25, 0.3) is 0 Å². The molecule has 2 N–H and O–H groups in total. The number of carboxylic acids is 1. The molecule has 0 bridgehead atoms. The lowest BCUT2D eigenvalue weighted by atomic mass is 10.2. The summed E-state index contributed by atoms with van der Waals surface area (Å²) in [4.78, 5) is 25.6. The van der Waals surface area contributed by atoms with Crippen LogP contribution in [0.25, 0.3) is 0 Å². The first-order chi connectivity index (χ1) is 9.56. The first-order valence-corrected chi connectivity index (χ1v) is 8.17. The number of hydrogen-bond donors (Lipinski definition) is 2. The van der Waals surface area contributed by atoms with Gasteiger partial charge in [0.05, 0.1) is 10.3 Å². The number of amides is 2. The van der Waals surface area contributed by atoms with Gasteiger partial charge >= 0.3 is 12.0 Å². The van der Waals surface area contributed by atoms with Gasteiger partial charge in [-0.3, -0.25) is 4.79 Å². The van der Waals surface area contributed by atoms with Crippen molar-refractivity contribution in [3.8, 4) is 0 Å². The van der Waals surface area contributed by atoms with E-state index >= 15 is 0 Å². The minimum atomic E-state index is -0.967. The highest BCUT2D eigenvalue weighted by Gasteiger charge is 2.28. The largest absolute Gasteiger partial charge is 0.480 e. The van der Waals surface area contributed by atoms with Crippen molar-refractivity contribution < 1.29 is 14.7 Å². The molecule has 0 spiro atoms. The van der Waals surface area contributed by atoms with E-state index in [0.717, 1.165) is 34.3 Å². The molecule has 110 valence electrons. The lowest BCUT2D eigenvalue weighted by Crippen LogP contribution is -2.47. The van der Waals surface area contributed by atoms with Crippen molar-refractivity contribution in [2.24, 2.45) is 0 Å². The summed E-state index contributed by atoms with van der Waals surface area (Å²) >= 11 is 4.93. The van der Waals surface area contributed by atoms with E-state index in [4.69, 9.17) is 5.11 Å². The first-order valence-electron chi connectivity index (χ1n) is 6.56. The molecule has 1 aromatic heterocycles. The third-order valence-corrected chi connectivity index (χ3v) is 5.00. The maximum atomic E-state index is 12.2. The van der Waals surface area contributed by atoms with Crippen LogP contribution in [0.3, 0.4) is 0 Å². The number of thiophene rings is 1. The highest BCUT2D eigenvalue weighted by molar-refractivity contribution is 9.11. The SMILES string of the molecule is O=C(O)CN(C(=O)NCc1ccc(Br)s1)C1CCCC1. The molecular formula is C13H17BrN2O3S. The minimum Gasteiger partial charge on any atom is -0.480 e. The third-order valence-electron chi connectivity index (χ3n) is 3.37. The fourth-order valence-electron chi connectivity index (χ4n) is 2.44. The predicted octanol–water partition coefficient (Wildman–Crippen LogP) is 3.05. The molecule has 2 amide bonds. The van der Waals surface area contributed by atoms with Crippen LogP contribution < -0.4 is 5.32 Å². The molecule has 1 aromatic rings. The molecule has 1 fully saturated rings. The van der Waals surface area contributed by atoms with Gasteiger partial charge in [-0.2, -0.15) is 0 Å². The average Bonchev–Trinajstić information content (AvgIpc) is 3.04. The van der Waals surface area contributed by atoms with Gasteiger partial charge < -0.3 is 15.3 Å². The van der Waals surface area contributed by atoms with Gasteiger partial charge in [-0.15, -0.1) is 11.3 Å². The predicted molar refractivity (Wildman–Crippen MR) is 80.9 cm³/mol. The summed E-state index contributed by atoms with van der Waals surface area (Å²) in [5, 5.41) is 11.8. The van der Waals surface area contributed by atoms with E-state index in [-0.39, 0.29) is 18.6 Å². The highest BCUT2D eigenvalue weighted by atomic mass is 79.9. The van der Waals surface area contributed by atoms with E-state index < -0.39 is 5.97 Å². The van der Waals surface area contributed by atoms with E-state index in [2.05, 4.69) is 21.2 Å². The summed E-state index contributed by atoms with van der Waals surface area (Å²) in [5.41, 5.74) is 0. The topological polar surface area (TPSA) is 69.6 Å². The van der Waals surface area contributed by atoms with Gasteiger partial charge in [-0.1, -0.05) is 12.8 Å². The van der Waals surface area contributed by atoms with Crippen molar-refractivity contribution in [2.45, 2.75) is 38.3 Å². The number of carbonyl (C=O) groups excluding carboxylic acids is 1. The standard InChI is InChI=1S/C13H17BrN2O3S/c14-11-6-5-10(20-11)7-15-13(19)16(8-12(17)18)9-3-1-2-4-9/h5-6,9H,1-4,7-8H2,(H,15,19)(H,17,18). The van der Waals surface area contributed by atoms with Crippen molar-refractivity contribution >= 4 is 39.3 Å². The zero-order chi connectivity index (χ0) is 14.5. The smallest absolute Gasteiger partial charge is 0.323 e. The molecule has 0 aliphatic heterocycles. The number of rotatable bonds is 5. The van der Waals surface area contributed by atoms with Crippen molar-refractivity contribution in [1.29, 1.82) is 0 Å². The summed E-state index contributed by atoms with van der Waals surface area (Å²) in [5.74, 6) is -0.967. The van der Waals surface area contributed by atoms with E-state index in [1.165, 1.54) is 4.90 Å². The van der Waals surface area contributed by atoms with Crippen LogP contribution in [-0.4, -0.2) is 34.6 Å². The van der Waals surface area contributed by atoms with Crippen LogP contribution in [0, 0.1) is 0 Å². The molecule has 20 heavy (non-hydrogen) atoms. The number of carboxylic acid groups (broad SMARTS) is 1. The molecule has 7 heteroatoms. The van der Waals surface area contributed by atoms with Crippen molar-refractivity contribution in [2.75, 3.05) is 6.54 Å². The Kier molecular flexibility index (Phi) is 5.42. The van der Waals surface area contributed by atoms with Gasteiger partial charge in [-0.05, 0) is 40.9 Å². The zero-order valence-electron chi connectivity index (χ0n) is 11.0. The summed E-state index contributed by atoms with van der Waals surface area (Å²) in [6, 6.07) is 3.63. The molecule has 1 aliphatic carbocycles. The van der Waals surface area contributed by atoms with Crippen molar-refractivity contribution in [3.05, 3.63) is 20.8 Å². The van der Waals surface area contributed by atoms with Crippen LogP contribution in [0.5, 0.6) is 0 Å². The number of urea groups is 1. The second-order valence-corrected chi connectivity index (χ2v) is 7.37. The number of halogens is 1. The number of nitrogens with one attached hydrogen (secondary N) is 1. The van der Waals surface area contributed by atoms with E-state index in [0.29, 0.717) is 6.54 Å². The van der Waals surface area contributed by atoms with E-state index in [9.17, 15) is 9.59 Å². The maximum Gasteiger partial charge on any atom is 0.323 e. The van der Waals surface area contributed by atoms with Crippen LogP contribution in [0.4, 0.5) is 4.79 Å². The van der Waals surface area contributed by atoms with Gasteiger partial charge in [0.2, 0.25) is 0 Å². The Morgan fingerprint density at radius 2 is 2.10 bits per heavy atom. The van der Waals surface area contributed by atoms with Gasteiger partial charge in [-0.25, -0.2) is 4.79 Å². The van der Waals surface area contributed by atoms with Crippen LogP contribution in [-0.2, 0) is 11.3 Å². The molecule has 0 aromatic carbocycles. The lowest BCUT2D eigenvalue weighted by Gasteiger charge is -2.27. The molecule has 0 saturated heterocycles. The number of nitrogens with zero attached hydrogens (tertiary/aromatic N) is 1. The molecule has 0 unspecified atom stereocenters. The number of carbonyl (C=O) groups is 2. The summed E-state index contributed by atoms with van der Waals surface area (Å²) in [7, 11) is 0. The molecule has 1 aliphatic rings. The molecular weight excluding hydrogens is 344 g/mol. The molecule has 1 saturated carbocycles. The monoisotopic (exact) mass is 360 g/mol. The Morgan fingerprint density at radius 3 is 2.65 bits per heavy atom. The molecule has 1 heterocycles. The Morgan fingerprint density at radius 1 is 1.40 bits per heavy atom. The van der Waals surface area contributed by atoms with Crippen molar-refractivity contribution in [1.82, 2.24) is 10.2 Å². The van der Waals surface area contributed by atoms with Crippen LogP contribution in [0.15, 0.2) is 15.9 Å². The molecule has 5 nitrogen and oxygen atoms in total. The maximum absolute atomic E-state index is 12.2. The fourth-order valence-corrected chi connectivity index (χ4v) is 3.86. The molecule has 2 rings (SSSR count). The Bertz CT molecular complexity index is 486. The molecule has 0 atom stereocenters. The summed E-state index contributed by atoms with van der Waals surface area (Å²) < 4.78 is 1.01. The summed E-state index contributed by atoms with van der Waals surface area (Å²) in [6.45, 7) is 0.197. The van der Waals surface area contributed by atoms with Gasteiger partial charge in [0.1, 0.15) is 6.54 Å². The number of hydrogen-bond acceptors (Lipinski definition) is 3. The lowest BCUT2D eigenvalue weighted by molar-refractivity contribution is -0.138. The fraction of sp³-hybridized carbons (Fsp3) is 0.538. The van der Waals surface area contributed by atoms with Gasteiger partial charge in [0, 0.05) is 10.9 Å². The quantitative estimate of drug-likeness (QED) is 0.847. The van der Waals surface area contributed by atoms with E-state index in [1.54, 1.807) is 11.3 Å². The van der Waals surface area contributed by atoms with Gasteiger partial charge in [0.15, 0.2) is 0 Å². The van der Waals surface area contributed by atoms with Crippen LogP contribution >= 0.6 is 27.3 Å². The Hall–Kier alpha value is -1.08. The Balaban J connectivity index is 1.93. The average molecular weight is 361 g/mol. The first kappa shape index (κ1) is 15.3. The highest BCUT2D eigenvalue weighted by Crippen LogP contribution is 2.24. The second-order valence-electron chi connectivity index (χ2n) is 4.82. The second kappa shape index (κ2) is 7.08.